The third-order valence-corrected chi connectivity index (χ3v) is 3.48. The van der Waals surface area contributed by atoms with E-state index in [1.165, 1.54) is 0 Å². The van der Waals surface area contributed by atoms with Gasteiger partial charge < -0.3 is 4.74 Å². The van der Waals surface area contributed by atoms with Crippen LogP contribution in [0, 0.1) is 0 Å². The van der Waals surface area contributed by atoms with E-state index in [9.17, 15) is 9.59 Å². The summed E-state index contributed by atoms with van der Waals surface area (Å²) in [6.45, 7) is 1.87. The second-order valence-corrected chi connectivity index (χ2v) is 4.99. The summed E-state index contributed by atoms with van der Waals surface area (Å²) in [5.74, 6) is 0. The Kier molecular flexibility index (Phi) is 4.14. The lowest BCUT2D eigenvalue weighted by molar-refractivity contribution is -0.378. The summed E-state index contributed by atoms with van der Waals surface area (Å²) in [5, 5.41) is 5.43. The first-order valence-electron chi connectivity index (χ1n) is 7.33. The zero-order valence-corrected chi connectivity index (χ0v) is 12.7. The lowest BCUT2D eigenvalue weighted by atomic mass is 10.1. The van der Waals surface area contributed by atoms with Gasteiger partial charge in [0.15, 0.2) is 12.4 Å². The van der Waals surface area contributed by atoms with Crippen LogP contribution in [0.25, 0.3) is 10.8 Å². The SMILES string of the molecule is CCOC(=O)n1nc(Cc2cc[nH+]cc2)c2ccccc2c1=O. The maximum absolute atomic E-state index is 12.4. The molecule has 1 aromatic carbocycles. The molecular formula is C17H16N3O3+. The van der Waals surface area contributed by atoms with E-state index < -0.39 is 11.7 Å². The van der Waals surface area contributed by atoms with Gasteiger partial charge in [0, 0.05) is 23.9 Å². The Bertz CT molecular complexity index is 904. The monoisotopic (exact) mass is 310 g/mol. The number of carbonyl (C=O) groups is 1. The largest absolute Gasteiger partial charge is 0.448 e. The Morgan fingerprint density at radius 3 is 2.57 bits per heavy atom. The maximum atomic E-state index is 12.4. The van der Waals surface area contributed by atoms with Crippen LogP contribution in [0.2, 0.25) is 0 Å². The van der Waals surface area contributed by atoms with Crippen LogP contribution < -0.4 is 10.5 Å². The number of carbonyl (C=O) groups excluding carboxylic acids is 1. The molecule has 3 aromatic rings. The highest BCUT2D eigenvalue weighted by molar-refractivity contribution is 5.85. The van der Waals surface area contributed by atoms with Crippen molar-refractivity contribution in [1.82, 2.24) is 9.78 Å². The molecule has 1 N–H and O–H groups in total. The second-order valence-electron chi connectivity index (χ2n) is 4.99. The number of hydrogen-bond donors (Lipinski definition) is 0. The van der Waals surface area contributed by atoms with Crippen molar-refractivity contribution in [2.75, 3.05) is 6.61 Å². The van der Waals surface area contributed by atoms with Crippen LogP contribution in [0.3, 0.4) is 0 Å². The third-order valence-electron chi connectivity index (χ3n) is 3.48. The number of benzene rings is 1. The van der Waals surface area contributed by atoms with Crippen LogP contribution in [0.1, 0.15) is 18.2 Å². The molecule has 0 radical (unpaired) electrons. The predicted molar refractivity (Wildman–Crippen MR) is 84.2 cm³/mol. The van der Waals surface area contributed by atoms with E-state index in [2.05, 4.69) is 10.1 Å². The van der Waals surface area contributed by atoms with Crippen molar-refractivity contribution in [3.8, 4) is 0 Å². The van der Waals surface area contributed by atoms with Gasteiger partial charge in [-0.2, -0.15) is 5.10 Å². The fraction of sp³-hybridized carbons (Fsp3) is 0.176. The minimum absolute atomic E-state index is 0.184. The number of aromatic amines is 1. The number of nitrogens with one attached hydrogen (secondary N) is 1. The Labute approximate surface area is 132 Å². The Balaban J connectivity index is 2.17. The molecule has 23 heavy (non-hydrogen) atoms. The first kappa shape index (κ1) is 14.9. The lowest BCUT2D eigenvalue weighted by Crippen LogP contribution is -2.31. The van der Waals surface area contributed by atoms with E-state index in [-0.39, 0.29) is 6.61 Å². The molecule has 0 bridgehead atoms. The summed E-state index contributed by atoms with van der Waals surface area (Å²) < 4.78 is 5.72. The van der Waals surface area contributed by atoms with Gasteiger partial charge in [0.25, 0.3) is 5.56 Å². The zero-order valence-electron chi connectivity index (χ0n) is 12.7. The van der Waals surface area contributed by atoms with E-state index >= 15 is 0 Å². The summed E-state index contributed by atoms with van der Waals surface area (Å²) in [6.07, 6.45) is 3.39. The van der Waals surface area contributed by atoms with Crippen LogP contribution in [0.5, 0.6) is 0 Å². The maximum Gasteiger partial charge on any atom is 0.438 e. The van der Waals surface area contributed by atoms with Gasteiger partial charge in [-0.1, -0.05) is 18.2 Å². The Hall–Kier alpha value is -3.02. The minimum Gasteiger partial charge on any atom is -0.448 e. The summed E-state index contributed by atoms with van der Waals surface area (Å²) in [7, 11) is 0. The Morgan fingerprint density at radius 2 is 1.87 bits per heavy atom. The van der Waals surface area contributed by atoms with Crippen LogP contribution in [-0.2, 0) is 11.2 Å². The molecule has 0 atom stereocenters. The van der Waals surface area contributed by atoms with Gasteiger partial charge in [-0.3, -0.25) is 4.79 Å². The molecule has 116 valence electrons. The van der Waals surface area contributed by atoms with Gasteiger partial charge in [-0.25, -0.2) is 9.78 Å². The van der Waals surface area contributed by atoms with Gasteiger partial charge >= 0.3 is 6.09 Å². The number of H-pyrrole nitrogens is 1. The predicted octanol–water partition coefficient (Wildman–Crippen LogP) is 1.81. The first-order chi connectivity index (χ1) is 11.2. The molecule has 0 unspecified atom stereocenters. The highest BCUT2D eigenvalue weighted by atomic mass is 16.6. The van der Waals surface area contributed by atoms with Crippen molar-refractivity contribution in [1.29, 1.82) is 0 Å². The fourth-order valence-corrected chi connectivity index (χ4v) is 2.43. The van der Waals surface area contributed by atoms with Crippen molar-refractivity contribution >= 4 is 16.9 Å². The molecule has 2 aromatic heterocycles. The molecular weight excluding hydrogens is 294 g/mol. The molecule has 0 fully saturated rings. The van der Waals surface area contributed by atoms with E-state index in [1.807, 2.05) is 36.7 Å². The molecule has 3 rings (SSSR count). The van der Waals surface area contributed by atoms with Crippen molar-refractivity contribution in [3.63, 3.8) is 0 Å². The summed E-state index contributed by atoms with van der Waals surface area (Å²) in [5.41, 5.74) is 1.21. The van der Waals surface area contributed by atoms with E-state index in [0.29, 0.717) is 17.5 Å². The smallest absolute Gasteiger partial charge is 0.438 e. The molecule has 6 heteroatoms. The third kappa shape index (κ3) is 2.96. The van der Waals surface area contributed by atoms with Gasteiger partial charge in [0.1, 0.15) is 0 Å². The number of nitrogens with zero attached hydrogens (tertiary/aromatic N) is 2. The number of ether oxygens (including phenoxy) is 1. The molecule has 0 saturated carbocycles. The quantitative estimate of drug-likeness (QED) is 0.739. The number of fused-ring (bicyclic) bond motifs is 1. The number of rotatable bonds is 3. The molecule has 0 saturated heterocycles. The number of aromatic nitrogens is 3. The molecule has 6 nitrogen and oxygen atoms in total. The fourth-order valence-electron chi connectivity index (χ4n) is 2.43. The highest BCUT2D eigenvalue weighted by Crippen LogP contribution is 2.16. The summed E-state index contributed by atoms with van der Waals surface area (Å²) in [6, 6.07) is 11.0. The van der Waals surface area contributed by atoms with Crippen LogP contribution in [-0.4, -0.2) is 22.5 Å². The molecule has 2 heterocycles. The normalized spacial score (nSPS) is 10.7. The Morgan fingerprint density at radius 1 is 1.17 bits per heavy atom. The summed E-state index contributed by atoms with van der Waals surface area (Å²) in [4.78, 5) is 27.4. The van der Waals surface area contributed by atoms with Crippen LogP contribution >= 0.6 is 0 Å². The standard InChI is InChI=1S/C17H15N3O3/c1-2-23-17(22)20-16(21)14-6-4-3-5-13(14)15(19-20)11-12-7-9-18-10-8-12/h3-10H,2,11H2,1H3/p+1. The topological polar surface area (TPSA) is 75.3 Å². The summed E-state index contributed by atoms with van der Waals surface area (Å²) >= 11 is 0. The van der Waals surface area contributed by atoms with Crippen molar-refractivity contribution in [2.24, 2.45) is 0 Å². The average molecular weight is 310 g/mol. The minimum atomic E-state index is -0.758. The van der Waals surface area contributed by atoms with Crippen molar-refractivity contribution in [2.45, 2.75) is 13.3 Å². The van der Waals surface area contributed by atoms with Gasteiger partial charge in [0.2, 0.25) is 0 Å². The van der Waals surface area contributed by atoms with Crippen LogP contribution in [0.4, 0.5) is 4.79 Å². The van der Waals surface area contributed by atoms with Crippen LogP contribution in [0.15, 0.2) is 53.6 Å². The van der Waals surface area contributed by atoms with Gasteiger partial charge in [-0.15, -0.1) is 4.68 Å². The van der Waals surface area contributed by atoms with E-state index in [4.69, 9.17) is 4.74 Å². The van der Waals surface area contributed by atoms with Crippen molar-refractivity contribution in [3.05, 3.63) is 70.4 Å². The molecule has 0 aliphatic rings. The second kappa shape index (κ2) is 6.39. The molecule has 0 amide bonds. The van der Waals surface area contributed by atoms with E-state index in [0.717, 1.165) is 15.6 Å². The molecule has 0 aliphatic carbocycles. The highest BCUT2D eigenvalue weighted by Gasteiger charge is 2.16. The molecule has 0 spiro atoms. The first-order valence-corrected chi connectivity index (χ1v) is 7.33. The molecule has 0 aliphatic heterocycles. The van der Waals surface area contributed by atoms with Crippen molar-refractivity contribution < 1.29 is 14.5 Å². The lowest BCUT2D eigenvalue weighted by Gasteiger charge is -2.09. The number of pyridine rings is 1. The number of hydrogen-bond acceptors (Lipinski definition) is 4. The zero-order chi connectivity index (χ0) is 16.2. The van der Waals surface area contributed by atoms with Gasteiger partial charge in [0.05, 0.1) is 17.7 Å². The average Bonchev–Trinajstić information content (AvgIpc) is 2.58. The van der Waals surface area contributed by atoms with E-state index in [1.54, 1.807) is 19.1 Å². The van der Waals surface area contributed by atoms with Gasteiger partial charge in [-0.05, 0) is 18.6 Å².